The lowest BCUT2D eigenvalue weighted by Crippen LogP contribution is -2.42. The topological polar surface area (TPSA) is 64.5 Å². The first-order valence-electron chi connectivity index (χ1n) is 7.69. The third kappa shape index (κ3) is 2.51. The van der Waals surface area contributed by atoms with Gasteiger partial charge in [-0.3, -0.25) is 0 Å². The van der Waals surface area contributed by atoms with E-state index in [0.717, 1.165) is 47.2 Å². The molecule has 1 aromatic carbocycles. The Kier molecular flexibility index (Phi) is 3.72. The zero-order valence-electron chi connectivity index (χ0n) is 13.6. The van der Waals surface area contributed by atoms with Crippen molar-refractivity contribution in [1.29, 1.82) is 0 Å². The van der Waals surface area contributed by atoms with Gasteiger partial charge in [-0.1, -0.05) is 25.1 Å². The van der Waals surface area contributed by atoms with Crippen LogP contribution in [0.15, 0.2) is 22.7 Å². The monoisotopic (exact) mass is 301 g/mol. The summed E-state index contributed by atoms with van der Waals surface area (Å²) >= 11 is 0. The van der Waals surface area contributed by atoms with E-state index in [1.165, 1.54) is 0 Å². The van der Waals surface area contributed by atoms with Crippen LogP contribution < -0.4 is 15.4 Å². The summed E-state index contributed by atoms with van der Waals surface area (Å²) in [5.41, 5.74) is 9.97. The molecule has 5 heteroatoms. The molecule has 0 saturated heterocycles. The maximum absolute atomic E-state index is 6.20. The number of rotatable bonds is 3. The zero-order valence-corrected chi connectivity index (χ0v) is 13.6. The number of para-hydroxylation sites is 1. The molecule has 118 valence electrons. The van der Waals surface area contributed by atoms with Gasteiger partial charge < -0.3 is 19.9 Å². The maximum Gasteiger partial charge on any atom is 0.145 e. The molecule has 1 aliphatic rings. The number of fused-ring (bicyclic) bond motifs is 1. The number of benzene rings is 1. The molecule has 1 atom stereocenters. The van der Waals surface area contributed by atoms with Crippen molar-refractivity contribution in [2.75, 3.05) is 17.2 Å². The molecule has 1 aliphatic heterocycles. The van der Waals surface area contributed by atoms with Crippen molar-refractivity contribution in [2.24, 2.45) is 5.92 Å². The molecule has 0 spiro atoms. The average Bonchev–Trinajstić information content (AvgIpc) is 2.79. The average molecular weight is 301 g/mol. The summed E-state index contributed by atoms with van der Waals surface area (Å²) in [4.78, 5) is 2.28. The molecule has 2 heterocycles. The summed E-state index contributed by atoms with van der Waals surface area (Å²) in [5.74, 6) is 2.15. The van der Waals surface area contributed by atoms with Crippen LogP contribution in [0.2, 0.25) is 0 Å². The zero-order chi connectivity index (χ0) is 15.9. The van der Waals surface area contributed by atoms with E-state index < -0.39 is 0 Å². The van der Waals surface area contributed by atoms with Crippen LogP contribution in [-0.4, -0.2) is 17.8 Å². The first-order valence-corrected chi connectivity index (χ1v) is 7.69. The standard InChI is InChI=1S/C17H23N3O2/c1-10(2)16-9-20(8-13-11(3)19-22-12(13)4)17-14(18)6-5-7-15(17)21-16/h5-7,10,16H,8-9,18H2,1-4H3. The molecule has 2 N–H and O–H groups in total. The van der Waals surface area contributed by atoms with E-state index >= 15 is 0 Å². The summed E-state index contributed by atoms with van der Waals surface area (Å²) in [7, 11) is 0. The van der Waals surface area contributed by atoms with Crippen LogP contribution in [0, 0.1) is 19.8 Å². The maximum atomic E-state index is 6.20. The Labute approximate surface area is 131 Å². The highest BCUT2D eigenvalue weighted by atomic mass is 16.5. The van der Waals surface area contributed by atoms with Gasteiger partial charge in [0.15, 0.2) is 0 Å². The molecule has 1 unspecified atom stereocenters. The number of hydrogen-bond donors (Lipinski definition) is 1. The summed E-state index contributed by atoms with van der Waals surface area (Å²) in [5, 5.41) is 4.05. The molecule has 0 saturated carbocycles. The molecule has 0 fully saturated rings. The molecular weight excluding hydrogens is 278 g/mol. The van der Waals surface area contributed by atoms with E-state index in [1.54, 1.807) is 0 Å². The van der Waals surface area contributed by atoms with Crippen molar-refractivity contribution in [1.82, 2.24) is 5.16 Å². The van der Waals surface area contributed by atoms with Gasteiger partial charge in [0.05, 0.1) is 17.9 Å². The van der Waals surface area contributed by atoms with Crippen molar-refractivity contribution < 1.29 is 9.26 Å². The molecule has 0 radical (unpaired) electrons. The Morgan fingerprint density at radius 1 is 1.36 bits per heavy atom. The fraction of sp³-hybridized carbons (Fsp3) is 0.471. The van der Waals surface area contributed by atoms with Crippen LogP contribution in [0.1, 0.15) is 30.9 Å². The van der Waals surface area contributed by atoms with Crippen molar-refractivity contribution in [2.45, 2.75) is 40.3 Å². The van der Waals surface area contributed by atoms with Gasteiger partial charge in [-0.15, -0.1) is 0 Å². The molecule has 3 rings (SSSR count). The predicted octanol–water partition coefficient (Wildman–Crippen LogP) is 3.30. The molecule has 22 heavy (non-hydrogen) atoms. The predicted molar refractivity (Wildman–Crippen MR) is 87.1 cm³/mol. The van der Waals surface area contributed by atoms with Crippen LogP contribution in [0.5, 0.6) is 5.75 Å². The second-order valence-corrected chi connectivity index (χ2v) is 6.28. The third-order valence-corrected chi connectivity index (χ3v) is 4.30. The number of aryl methyl sites for hydroxylation is 2. The van der Waals surface area contributed by atoms with Crippen molar-refractivity contribution in [3.8, 4) is 5.75 Å². The Hall–Kier alpha value is -2.17. The number of ether oxygens (including phenoxy) is 1. The molecular formula is C17H23N3O2. The molecule has 5 nitrogen and oxygen atoms in total. The van der Waals surface area contributed by atoms with E-state index in [0.29, 0.717) is 5.92 Å². The van der Waals surface area contributed by atoms with Gasteiger partial charge in [-0.2, -0.15) is 0 Å². The van der Waals surface area contributed by atoms with Gasteiger partial charge >= 0.3 is 0 Å². The Balaban J connectivity index is 1.99. The van der Waals surface area contributed by atoms with Gasteiger partial charge in [0, 0.05) is 12.1 Å². The van der Waals surface area contributed by atoms with E-state index in [4.69, 9.17) is 15.0 Å². The van der Waals surface area contributed by atoms with Crippen molar-refractivity contribution in [3.63, 3.8) is 0 Å². The SMILES string of the molecule is Cc1noc(C)c1CN1CC(C(C)C)Oc2cccc(N)c21. The lowest BCUT2D eigenvalue weighted by Gasteiger charge is -2.38. The van der Waals surface area contributed by atoms with Crippen molar-refractivity contribution in [3.05, 3.63) is 35.2 Å². The highest BCUT2D eigenvalue weighted by molar-refractivity contribution is 5.76. The van der Waals surface area contributed by atoms with Crippen LogP contribution in [0.3, 0.4) is 0 Å². The van der Waals surface area contributed by atoms with Crippen LogP contribution in [-0.2, 0) is 6.54 Å². The smallest absolute Gasteiger partial charge is 0.145 e. The van der Waals surface area contributed by atoms with Gasteiger partial charge in [-0.05, 0) is 31.9 Å². The lowest BCUT2D eigenvalue weighted by molar-refractivity contribution is 0.145. The number of nitrogens with two attached hydrogens (primary N) is 1. The van der Waals surface area contributed by atoms with E-state index in [9.17, 15) is 0 Å². The molecule has 1 aromatic heterocycles. The first-order chi connectivity index (χ1) is 10.5. The fourth-order valence-electron chi connectivity index (χ4n) is 2.89. The van der Waals surface area contributed by atoms with E-state index in [2.05, 4.69) is 23.9 Å². The normalized spacial score (nSPS) is 17.5. The summed E-state index contributed by atoms with van der Waals surface area (Å²) in [6, 6.07) is 5.84. The van der Waals surface area contributed by atoms with Gasteiger partial charge in [0.25, 0.3) is 0 Å². The number of nitrogens with zero attached hydrogens (tertiary/aromatic N) is 2. The summed E-state index contributed by atoms with van der Waals surface area (Å²) < 4.78 is 11.4. The molecule has 2 aromatic rings. The molecule has 0 bridgehead atoms. The fourth-order valence-corrected chi connectivity index (χ4v) is 2.89. The molecule has 0 aliphatic carbocycles. The van der Waals surface area contributed by atoms with E-state index in [-0.39, 0.29) is 6.10 Å². The highest BCUT2D eigenvalue weighted by Crippen LogP contribution is 2.40. The number of aromatic nitrogens is 1. The lowest BCUT2D eigenvalue weighted by atomic mass is 10.0. The largest absolute Gasteiger partial charge is 0.486 e. The summed E-state index contributed by atoms with van der Waals surface area (Å²) in [6.07, 6.45) is 0.148. The van der Waals surface area contributed by atoms with E-state index in [1.807, 2.05) is 32.0 Å². The van der Waals surface area contributed by atoms with Gasteiger partial charge in [-0.25, -0.2) is 0 Å². The number of anilines is 2. The first kappa shape index (κ1) is 14.8. The van der Waals surface area contributed by atoms with Crippen LogP contribution >= 0.6 is 0 Å². The third-order valence-electron chi connectivity index (χ3n) is 4.30. The van der Waals surface area contributed by atoms with Gasteiger partial charge in [0.2, 0.25) is 0 Å². The van der Waals surface area contributed by atoms with Gasteiger partial charge in [0.1, 0.15) is 23.3 Å². The summed E-state index contributed by atoms with van der Waals surface area (Å²) in [6.45, 7) is 9.82. The van der Waals surface area contributed by atoms with Crippen LogP contribution in [0.4, 0.5) is 11.4 Å². The Morgan fingerprint density at radius 3 is 2.77 bits per heavy atom. The highest BCUT2D eigenvalue weighted by Gasteiger charge is 2.30. The minimum absolute atomic E-state index is 0.148. The second kappa shape index (κ2) is 5.55. The van der Waals surface area contributed by atoms with Crippen LogP contribution in [0.25, 0.3) is 0 Å². The minimum atomic E-state index is 0.148. The molecule has 0 amide bonds. The second-order valence-electron chi connectivity index (χ2n) is 6.28. The quantitative estimate of drug-likeness (QED) is 0.881. The Morgan fingerprint density at radius 2 is 2.14 bits per heavy atom. The number of nitrogen functional groups attached to an aromatic ring is 1. The minimum Gasteiger partial charge on any atom is -0.486 e. The Bertz CT molecular complexity index is 659. The van der Waals surface area contributed by atoms with Crippen molar-refractivity contribution >= 4 is 11.4 Å². The number of hydrogen-bond acceptors (Lipinski definition) is 5.